The third-order valence-electron chi connectivity index (χ3n) is 7.45. The summed E-state index contributed by atoms with van der Waals surface area (Å²) >= 11 is 1.52. The molecule has 2 unspecified atom stereocenters. The van der Waals surface area contributed by atoms with Crippen molar-refractivity contribution in [1.82, 2.24) is 31.9 Å². The Morgan fingerprint density at radius 1 is 0.755 bits per heavy atom. The number of carboxylic acids is 1. The summed E-state index contributed by atoms with van der Waals surface area (Å²) < 4.78 is 0. The monoisotopic (exact) mass is 767 g/mol. The molecule has 304 valence electrons. The van der Waals surface area contributed by atoms with Crippen molar-refractivity contribution in [1.29, 1.82) is 0 Å². The molecule has 0 aromatic heterocycles. The molecule has 0 aliphatic rings. The first kappa shape index (κ1) is 51.5. The molecule has 0 fully saturated rings. The fourth-order valence-corrected chi connectivity index (χ4v) is 4.94. The van der Waals surface area contributed by atoms with Crippen molar-refractivity contribution >= 4 is 47.3 Å². The van der Waals surface area contributed by atoms with E-state index in [1.165, 1.54) is 18.2 Å². The van der Waals surface area contributed by atoms with Crippen LogP contribution in [0.25, 0.3) is 0 Å². The Bertz CT molecular complexity index is 1180. The molecule has 5 amide bonds. The fraction of sp³-hybridized carbons (Fsp3) is 0.692. The zero-order valence-corrected chi connectivity index (χ0v) is 34.6. The summed E-state index contributed by atoms with van der Waals surface area (Å²) in [4.78, 5) is 73.6. The van der Waals surface area contributed by atoms with Crippen LogP contribution in [0.2, 0.25) is 0 Å². The number of aliphatic carboxylic acids is 1. The van der Waals surface area contributed by atoms with Gasteiger partial charge in [0.05, 0.1) is 6.54 Å². The number of unbranched alkanes of at least 4 members (excludes halogenated alkanes) is 3. The number of urea groups is 1. The lowest BCUT2D eigenvalue weighted by Crippen LogP contribution is -2.51. The summed E-state index contributed by atoms with van der Waals surface area (Å²) in [6.45, 7) is 17.2. The molecule has 0 radical (unpaired) electrons. The number of hydrogen-bond donors (Lipinski definition) is 7. The van der Waals surface area contributed by atoms with Gasteiger partial charge in [-0.3, -0.25) is 19.2 Å². The molecule has 53 heavy (non-hydrogen) atoms. The summed E-state index contributed by atoms with van der Waals surface area (Å²) in [5.74, 6) is -1.92. The van der Waals surface area contributed by atoms with Crippen LogP contribution in [-0.4, -0.2) is 90.4 Å². The van der Waals surface area contributed by atoms with Crippen LogP contribution in [-0.2, 0) is 25.7 Å². The average Bonchev–Trinajstić information content (AvgIpc) is 3.13. The molecule has 1 rings (SSSR count). The van der Waals surface area contributed by atoms with Crippen LogP contribution in [0.5, 0.6) is 0 Å². The van der Waals surface area contributed by atoms with Crippen LogP contribution >= 0.6 is 11.8 Å². The molecule has 0 spiro atoms. The van der Waals surface area contributed by atoms with Crippen LogP contribution in [0.3, 0.4) is 0 Å². The Hall–Kier alpha value is -3.65. The second kappa shape index (κ2) is 33.0. The Labute approximate surface area is 323 Å². The molecular formula is C39H70N6O7S. The summed E-state index contributed by atoms with van der Waals surface area (Å²) in [6, 6.07) is 5.08. The number of carbonyl (C=O) groups is 6. The first-order valence-electron chi connectivity index (χ1n) is 19.2. The van der Waals surface area contributed by atoms with Crippen LogP contribution < -0.4 is 31.9 Å². The third kappa shape index (κ3) is 27.6. The molecule has 1 aromatic carbocycles. The number of amides is 5. The van der Waals surface area contributed by atoms with Gasteiger partial charge >= 0.3 is 12.0 Å². The Morgan fingerprint density at radius 3 is 1.87 bits per heavy atom. The molecule has 14 heteroatoms. The summed E-state index contributed by atoms with van der Waals surface area (Å²) in [7, 11) is 0. The SMILES string of the molecule is CC.CCC.CSCCC(NC(=O)c1ccc(CNC(C)C)cc1)C(=O)NCC(=O)NC(CCCCNC(=O)NCCCCCC(=O)C(C)C)C(=O)O. The van der Waals surface area contributed by atoms with E-state index < -0.39 is 42.3 Å². The number of ketones is 1. The highest BCUT2D eigenvalue weighted by Crippen LogP contribution is 2.08. The standard InChI is InChI=1S/C34H56N6O7S.C3H8.C2H6/c1-23(2)29(41)12-7-6-9-18-35-34(47)36-19-10-8-11-28(33(45)46)39-30(42)22-38-32(44)27(17-20-48-5)40-31(43)26-15-13-25(14-16-26)21-37-24(3)4;1-3-2;1-2/h13-16,23-24,27-28,37H,6-12,17-22H2,1-5H3,(H,38,44)(H,39,42)(H,40,43)(H,45,46)(H2,35,36,47);3H2,1-2H3;1-2H3. The van der Waals surface area contributed by atoms with Gasteiger partial charge in [0.1, 0.15) is 17.9 Å². The highest BCUT2D eigenvalue weighted by molar-refractivity contribution is 7.98. The molecule has 7 N–H and O–H groups in total. The number of benzene rings is 1. The minimum atomic E-state index is -1.20. The van der Waals surface area contributed by atoms with E-state index in [1.54, 1.807) is 12.1 Å². The molecule has 0 aliphatic carbocycles. The first-order valence-corrected chi connectivity index (χ1v) is 20.6. The van der Waals surface area contributed by atoms with Gasteiger partial charge in [0.15, 0.2) is 0 Å². The van der Waals surface area contributed by atoms with Crippen molar-refractivity contribution in [2.75, 3.05) is 31.6 Å². The van der Waals surface area contributed by atoms with E-state index >= 15 is 0 Å². The minimum absolute atomic E-state index is 0.0471. The van der Waals surface area contributed by atoms with Crippen LogP contribution in [0.1, 0.15) is 129 Å². The smallest absolute Gasteiger partial charge is 0.326 e. The molecule has 0 heterocycles. The largest absolute Gasteiger partial charge is 0.480 e. The van der Waals surface area contributed by atoms with Gasteiger partial charge in [0.25, 0.3) is 5.91 Å². The quantitative estimate of drug-likeness (QED) is 0.0637. The number of carboxylic acid groups (broad SMARTS) is 1. The Balaban J connectivity index is 0. The summed E-state index contributed by atoms with van der Waals surface area (Å²) in [6.07, 6.45) is 7.56. The Kier molecular flexibility index (Phi) is 32.0. The molecule has 0 saturated carbocycles. The predicted molar refractivity (Wildman–Crippen MR) is 216 cm³/mol. The van der Waals surface area contributed by atoms with Crippen LogP contribution in [0.4, 0.5) is 4.79 Å². The van der Waals surface area contributed by atoms with E-state index in [1.807, 2.05) is 59.9 Å². The number of carbonyl (C=O) groups excluding carboxylic acids is 5. The zero-order chi connectivity index (χ0) is 40.6. The number of nitrogens with one attached hydrogen (secondary N) is 6. The molecule has 0 saturated heterocycles. The minimum Gasteiger partial charge on any atom is -0.480 e. The lowest BCUT2D eigenvalue weighted by molar-refractivity contribution is -0.142. The maximum atomic E-state index is 12.9. The van der Waals surface area contributed by atoms with E-state index in [9.17, 15) is 33.9 Å². The number of rotatable bonds is 25. The fourth-order valence-electron chi connectivity index (χ4n) is 4.46. The summed E-state index contributed by atoms with van der Waals surface area (Å²) in [5.41, 5.74) is 1.43. The number of Topliss-reactive ketones (excluding diaryl/α,β-unsaturated/α-hetero) is 1. The van der Waals surface area contributed by atoms with Gasteiger partial charge in [-0.1, -0.05) is 80.4 Å². The molecule has 1 aromatic rings. The lowest BCUT2D eigenvalue weighted by atomic mass is 10.0. The van der Waals surface area contributed by atoms with Gasteiger partial charge in [0, 0.05) is 43.6 Å². The van der Waals surface area contributed by atoms with Gasteiger partial charge in [-0.25, -0.2) is 9.59 Å². The van der Waals surface area contributed by atoms with Crippen molar-refractivity contribution in [3.63, 3.8) is 0 Å². The van der Waals surface area contributed by atoms with Crippen molar-refractivity contribution in [3.8, 4) is 0 Å². The molecule has 0 aliphatic heterocycles. The molecule has 2 atom stereocenters. The van der Waals surface area contributed by atoms with Crippen molar-refractivity contribution in [2.24, 2.45) is 5.92 Å². The van der Waals surface area contributed by atoms with Crippen molar-refractivity contribution in [3.05, 3.63) is 35.4 Å². The second-order valence-electron chi connectivity index (χ2n) is 13.0. The van der Waals surface area contributed by atoms with Crippen molar-refractivity contribution < 1.29 is 33.9 Å². The maximum Gasteiger partial charge on any atom is 0.326 e. The topological polar surface area (TPSA) is 195 Å². The van der Waals surface area contributed by atoms with E-state index in [4.69, 9.17) is 0 Å². The van der Waals surface area contributed by atoms with Gasteiger partial charge in [-0.15, -0.1) is 0 Å². The highest BCUT2D eigenvalue weighted by atomic mass is 32.2. The average molecular weight is 767 g/mol. The van der Waals surface area contributed by atoms with Gasteiger partial charge in [0.2, 0.25) is 11.8 Å². The maximum absolute atomic E-state index is 12.9. The second-order valence-corrected chi connectivity index (χ2v) is 14.0. The Morgan fingerprint density at radius 2 is 1.34 bits per heavy atom. The molecule has 13 nitrogen and oxygen atoms in total. The highest BCUT2D eigenvalue weighted by Gasteiger charge is 2.24. The van der Waals surface area contributed by atoms with E-state index in [0.29, 0.717) is 62.7 Å². The number of thioether (sulfide) groups is 1. The lowest BCUT2D eigenvalue weighted by Gasteiger charge is -2.19. The number of hydrogen-bond acceptors (Lipinski definition) is 8. The zero-order valence-electron chi connectivity index (χ0n) is 33.8. The first-order chi connectivity index (χ1) is 25.2. The molecule has 0 bridgehead atoms. The summed E-state index contributed by atoms with van der Waals surface area (Å²) in [5, 5.41) is 26.0. The van der Waals surface area contributed by atoms with Gasteiger partial charge < -0.3 is 37.0 Å². The third-order valence-corrected chi connectivity index (χ3v) is 8.10. The van der Waals surface area contributed by atoms with Crippen LogP contribution in [0, 0.1) is 5.92 Å². The van der Waals surface area contributed by atoms with Gasteiger partial charge in [-0.05, 0) is 68.2 Å². The predicted octanol–water partition coefficient (Wildman–Crippen LogP) is 5.42. The molecular weight excluding hydrogens is 697 g/mol. The van der Waals surface area contributed by atoms with Crippen LogP contribution in [0.15, 0.2) is 24.3 Å². The normalized spacial score (nSPS) is 11.5. The van der Waals surface area contributed by atoms with E-state index in [-0.39, 0.29) is 24.2 Å². The van der Waals surface area contributed by atoms with E-state index in [2.05, 4.69) is 45.7 Å². The van der Waals surface area contributed by atoms with Crippen molar-refractivity contribution in [2.45, 2.75) is 138 Å². The van der Waals surface area contributed by atoms with Gasteiger partial charge in [-0.2, -0.15) is 11.8 Å². The van der Waals surface area contributed by atoms with E-state index in [0.717, 1.165) is 24.8 Å².